The van der Waals surface area contributed by atoms with Gasteiger partial charge < -0.3 is 10.7 Å². The highest BCUT2D eigenvalue weighted by molar-refractivity contribution is 7.98. The third kappa shape index (κ3) is 4.10. The average molecular weight is 428 g/mol. The maximum absolute atomic E-state index is 13.3. The second-order valence-electron chi connectivity index (χ2n) is 8.20. The van der Waals surface area contributed by atoms with Crippen LogP contribution in [0.4, 0.5) is 0 Å². The number of carbonyl (C=O) groups is 1. The summed E-state index contributed by atoms with van der Waals surface area (Å²) in [6.45, 7) is 0. The molecule has 0 unspecified atom stereocenters. The van der Waals surface area contributed by atoms with Crippen molar-refractivity contribution in [2.45, 2.75) is 43.0 Å². The molecule has 0 radical (unpaired) electrons. The van der Waals surface area contributed by atoms with Gasteiger partial charge in [-0.15, -0.1) is 0 Å². The molecule has 0 spiro atoms. The van der Waals surface area contributed by atoms with Crippen LogP contribution >= 0.6 is 11.9 Å². The molecule has 4 nitrogen and oxygen atoms in total. The van der Waals surface area contributed by atoms with Crippen LogP contribution in [0.25, 0.3) is 21.7 Å². The average Bonchev–Trinajstić information content (AvgIpc) is 3.17. The summed E-state index contributed by atoms with van der Waals surface area (Å²) < 4.78 is 2.02. The smallest absolute Gasteiger partial charge is 0.269 e. The second kappa shape index (κ2) is 8.60. The van der Waals surface area contributed by atoms with Crippen LogP contribution in [0.1, 0.15) is 48.2 Å². The van der Waals surface area contributed by atoms with E-state index in [9.17, 15) is 4.79 Å². The van der Waals surface area contributed by atoms with E-state index in [1.807, 2.05) is 40.4 Å². The molecule has 1 saturated carbocycles. The summed E-state index contributed by atoms with van der Waals surface area (Å²) in [4.78, 5) is 14.3. The second-order valence-corrected chi connectivity index (χ2v) is 9.21. The van der Waals surface area contributed by atoms with Crippen molar-refractivity contribution in [3.8, 4) is 0 Å². The minimum absolute atomic E-state index is 0.0206. The molecule has 1 amide bonds. The number of nitrogens with zero attached hydrogens (tertiary/aromatic N) is 1. The molecule has 2 N–H and O–H groups in total. The van der Waals surface area contributed by atoms with Crippen LogP contribution in [0.2, 0.25) is 0 Å². The summed E-state index contributed by atoms with van der Waals surface area (Å²) in [5.74, 6) is -0.0206. The van der Waals surface area contributed by atoms with Gasteiger partial charge in [0.2, 0.25) is 0 Å². The van der Waals surface area contributed by atoms with E-state index in [1.165, 1.54) is 36.2 Å². The molecule has 0 aliphatic heterocycles. The lowest BCUT2D eigenvalue weighted by atomic mass is 9.95. The predicted octanol–water partition coefficient (Wildman–Crippen LogP) is 6.41. The lowest BCUT2D eigenvalue weighted by Gasteiger charge is -2.23. The van der Waals surface area contributed by atoms with Crippen molar-refractivity contribution in [1.29, 1.82) is 5.41 Å². The minimum atomic E-state index is -0.0206. The van der Waals surface area contributed by atoms with Crippen LogP contribution in [-0.2, 0) is 0 Å². The zero-order chi connectivity index (χ0) is 21.2. The van der Waals surface area contributed by atoms with Gasteiger partial charge in [-0.1, -0.05) is 61.7 Å². The topological polar surface area (TPSA) is 57.9 Å². The number of benzene rings is 3. The Hall–Kier alpha value is -3.05. The first-order valence-corrected chi connectivity index (χ1v) is 11.6. The van der Waals surface area contributed by atoms with E-state index in [0.717, 1.165) is 34.2 Å². The number of fused-ring (bicyclic) bond motifs is 2. The fourth-order valence-electron chi connectivity index (χ4n) is 4.38. The molecular weight excluding hydrogens is 402 g/mol. The third-order valence-corrected chi connectivity index (χ3v) is 7.08. The first-order valence-electron chi connectivity index (χ1n) is 10.9. The fourth-order valence-corrected chi connectivity index (χ4v) is 5.39. The maximum Gasteiger partial charge on any atom is 0.269 e. The van der Waals surface area contributed by atoms with Gasteiger partial charge in [-0.25, -0.2) is 0 Å². The van der Waals surface area contributed by atoms with E-state index in [0.29, 0.717) is 5.69 Å². The minimum Gasteiger partial charge on any atom is -0.348 e. The Balaban J connectivity index is 1.55. The summed E-state index contributed by atoms with van der Waals surface area (Å²) in [7, 11) is 0. The molecule has 1 aromatic heterocycles. The number of amides is 1. The molecule has 0 bridgehead atoms. The van der Waals surface area contributed by atoms with Crippen LogP contribution in [-0.4, -0.2) is 22.1 Å². The summed E-state index contributed by atoms with van der Waals surface area (Å²) in [6.07, 6.45) is 7.09. The molecular formula is C26H25N3OS. The van der Waals surface area contributed by atoms with Gasteiger partial charge in [-0.2, -0.15) is 0 Å². The van der Waals surface area contributed by atoms with Gasteiger partial charge >= 0.3 is 0 Å². The molecule has 1 fully saturated rings. The van der Waals surface area contributed by atoms with Gasteiger partial charge in [0.1, 0.15) is 5.69 Å². The van der Waals surface area contributed by atoms with Gasteiger partial charge in [0.25, 0.3) is 5.91 Å². The van der Waals surface area contributed by atoms with Crippen LogP contribution in [0.5, 0.6) is 0 Å². The lowest BCUT2D eigenvalue weighted by Crippen LogP contribution is -2.36. The molecule has 0 atom stereocenters. The zero-order valence-corrected chi connectivity index (χ0v) is 18.1. The van der Waals surface area contributed by atoms with Crippen LogP contribution in [0, 0.1) is 5.41 Å². The van der Waals surface area contributed by atoms with Crippen LogP contribution in [0.3, 0.4) is 0 Å². The van der Waals surface area contributed by atoms with Crippen LogP contribution < -0.4 is 5.32 Å². The lowest BCUT2D eigenvalue weighted by molar-refractivity contribution is 0.0922. The van der Waals surface area contributed by atoms with E-state index in [1.54, 1.807) is 11.9 Å². The highest BCUT2D eigenvalue weighted by Gasteiger charge is 2.21. The number of carbonyl (C=O) groups excluding carboxylic acids is 1. The Labute approximate surface area is 186 Å². The molecule has 5 rings (SSSR count). The van der Waals surface area contributed by atoms with Crippen molar-refractivity contribution < 1.29 is 4.79 Å². The quantitative estimate of drug-likeness (QED) is 0.362. The van der Waals surface area contributed by atoms with Crippen molar-refractivity contribution >= 4 is 45.7 Å². The summed E-state index contributed by atoms with van der Waals surface area (Å²) >= 11 is 1.56. The predicted molar refractivity (Wildman–Crippen MR) is 129 cm³/mol. The molecule has 156 valence electrons. The SMILES string of the molecule is N=Cc1ccc2cc(C(=O)NC3CCCCC3)n(Sc3ccc4ccccc4c3)c2c1. The Bertz CT molecular complexity index is 1270. The van der Waals surface area contributed by atoms with Crippen molar-refractivity contribution in [3.05, 3.63) is 78.0 Å². The summed E-state index contributed by atoms with van der Waals surface area (Å²) in [6, 6.07) is 22.8. The van der Waals surface area contributed by atoms with E-state index in [-0.39, 0.29) is 11.9 Å². The molecule has 31 heavy (non-hydrogen) atoms. The first kappa shape index (κ1) is 19.9. The largest absolute Gasteiger partial charge is 0.348 e. The number of nitrogens with one attached hydrogen (secondary N) is 2. The van der Waals surface area contributed by atoms with E-state index in [4.69, 9.17) is 5.41 Å². The summed E-state index contributed by atoms with van der Waals surface area (Å²) in [5, 5.41) is 14.3. The van der Waals surface area contributed by atoms with Crippen molar-refractivity contribution in [2.75, 3.05) is 0 Å². The highest BCUT2D eigenvalue weighted by atomic mass is 32.2. The molecule has 0 saturated heterocycles. The normalized spacial score (nSPS) is 14.7. The third-order valence-electron chi connectivity index (χ3n) is 6.04. The molecule has 1 aliphatic rings. The van der Waals surface area contributed by atoms with Crippen molar-refractivity contribution in [2.24, 2.45) is 0 Å². The standard InChI is InChI=1S/C26H25N3OS/c27-17-18-10-11-21-16-25(26(30)28-22-8-2-1-3-9-22)29(24(21)14-18)31-23-13-12-19-6-4-5-7-20(19)15-23/h4-7,10-17,22,27H,1-3,8-9H2,(H,28,30). The molecule has 4 aromatic rings. The maximum atomic E-state index is 13.3. The molecule has 3 aromatic carbocycles. The van der Waals surface area contributed by atoms with E-state index >= 15 is 0 Å². The molecule has 1 heterocycles. The highest BCUT2D eigenvalue weighted by Crippen LogP contribution is 2.32. The van der Waals surface area contributed by atoms with Gasteiger partial charge in [0.15, 0.2) is 0 Å². The monoisotopic (exact) mass is 427 g/mol. The van der Waals surface area contributed by atoms with Gasteiger partial charge in [-0.05, 0) is 65.4 Å². The van der Waals surface area contributed by atoms with Gasteiger partial charge in [0.05, 0.1) is 5.52 Å². The van der Waals surface area contributed by atoms with Crippen LogP contribution in [0.15, 0.2) is 71.6 Å². The fraction of sp³-hybridized carbons (Fsp3) is 0.231. The first-order chi connectivity index (χ1) is 15.2. The Morgan fingerprint density at radius 2 is 1.71 bits per heavy atom. The Morgan fingerprint density at radius 3 is 2.52 bits per heavy atom. The molecule has 1 aliphatic carbocycles. The molecule has 5 heteroatoms. The number of aromatic nitrogens is 1. The number of rotatable bonds is 5. The zero-order valence-electron chi connectivity index (χ0n) is 17.3. The van der Waals surface area contributed by atoms with E-state index < -0.39 is 0 Å². The number of hydrogen-bond acceptors (Lipinski definition) is 3. The van der Waals surface area contributed by atoms with E-state index in [2.05, 4.69) is 35.6 Å². The Kier molecular flexibility index (Phi) is 5.51. The van der Waals surface area contributed by atoms with Gasteiger partial charge in [-0.3, -0.25) is 8.77 Å². The van der Waals surface area contributed by atoms with Crippen molar-refractivity contribution in [1.82, 2.24) is 9.29 Å². The number of hydrogen-bond donors (Lipinski definition) is 2. The van der Waals surface area contributed by atoms with Gasteiger partial charge in [0, 0.05) is 22.5 Å². The Morgan fingerprint density at radius 1 is 0.935 bits per heavy atom. The summed E-state index contributed by atoms with van der Waals surface area (Å²) in [5.41, 5.74) is 2.43. The van der Waals surface area contributed by atoms with Crippen molar-refractivity contribution in [3.63, 3.8) is 0 Å².